The molecule has 0 fully saturated rings. The van der Waals surface area contributed by atoms with Gasteiger partial charge in [-0.3, -0.25) is 0 Å². The van der Waals surface area contributed by atoms with Crippen LogP contribution >= 0.6 is 0 Å². The molecule has 1 N–H and O–H groups in total. The van der Waals surface area contributed by atoms with Gasteiger partial charge in [0.05, 0.1) is 6.04 Å². The summed E-state index contributed by atoms with van der Waals surface area (Å²) in [6.07, 6.45) is 0. The minimum Gasteiger partial charge on any atom is -0.338 e. The summed E-state index contributed by atoms with van der Waals surface area (Å²) in [4.78, 5) is 4.04. The summed E-state index contributed by atoms with van der Waals surface area (Å²) in [5.41, 5.74) is 0. The number of hydrogen-bond acceptors (Lipinski definition) is 4. The fraction of sp³-hybridized carbons (Fsp3) is 0.750. The van der Waals surface area contributed by atoms with Gasteiger partial charge in [0.15, 0.2) is 5.82 Å². The zero-order valence-corrected chi connectivity index (χ0v) is 8.38. The Morgan fingerprint density at radius 3 is 2.33 bits per heavy atom. The van der Waals surface area contributed by atoms with E-state index in [1.165, 1.54) is 0 Å². The van der Waals surface area contributed by atoms with Crippen molar-refractivity contribution in [2.24, 2.45) is 0 Å². The normalized spacial score (nSPS) is 11.8. The van der Waals surface area contributed by atoms with E-state index in [1.807, 2.05) is 27.8 Å². The van der Waals surface area contributed by atoms with Crippen molar-refractivity contribution < 1.29 is 4.52 Å². The van der Waals surface area contributed by atoms with E-state index in [0.717, 1.165) is 0 Å². The smallest absolute Gasteiger partial charge is 0.243 e. The van der Waals surface area contributed by atoms with E-state index in [1.54, 1.807) is 6.92 Å². The van der Waals surface area contributed by atoms with Crippen LogP contribution in [0.1, 0.15) is 38.5 Å². The first-order chi connectivity index (χ1) is 5.74. The second-order valence-corrected chi connectivity index (χ2v) is 2.19. The highest BCUT2D eigenvalue weighted by molar-refractivity contribution is 4.88. The third kappa shape index (κ3) is 3.00. The maximum absolute atomic E-state index is 4.89. The fourth-order valence-electron chi connectivity index (χ4n) is 0.612. The van der Waals surface area contributed by atoms with Gasteiger partial charge in [-0.25, -0.2) is 0 Å². The fourth-order valence-corrected chi connectivity index (χ4v) is 0.612. The molecule has 70 valence electrons. The summed E-state index contributed by atoms with van der Waals surface area (Å²) < 4.78 is 4.89. The van der Waals surface area contributed by atoms with Gasteiger partial charge in [0, 0.05) is 0 Å². The van der Waals surface area contributed by atoms with E-state index in [2.05, 4.69) is 15.5 Å². The molecule has 4 nitrogen and oxygen atoms in total. The molecule has 0 spiro atoms. The Kier molecular flexibility index (Phi) is 5.28. The molecule has 0 saturated carbocycles. The van der Waals surface area contributed by atoms with Crippen molar-refractivity contribution in [2.75, 3.05) is 7.05 Å². The Hall–Kier alpha value is -0.900. The molecule has 0 aliphatic heterocycles. The molecular weight excluding hydrogens is 154 g/mol. The maximum atomic E-state index is 4.89. The summed E-state index contributed by atoms with van der Waals surface area (Å²) in [5.74, 6) is 1.32. The second-order valence-electron chi connectivity index (χ2n) is 2.19. The number of rotatable bonds is 2. The largest absolute Gasteiger partial charge is 0.338 e. The van der Waals surface area contributed by atoms with E-state index in [4.69, 9.17) is 4.52 Å². The van der Waals surface area contributed by atoms with Crippen LogP contribution in [0.15, 0.2) is 4.52 Å². The first kappa shape index (κ1) is 11.1. The molecule has 0 amide bonds. The van der Waals surface area contributed by atoms with Crippen molar-refractivity contribution in [1.29, 1.82) is 0 Å². The molecule has 0 saturated heterocycles. The van der Waals surface area contributed by atoms with Crippen molar-refractivity contribution in [1.82, 2.24) is 15.5 Å². The lowest BCUT2D eigenvalue weighted by atomic mass is 10.3. The molecule has 0 radical (unpaired) electrons. The van der Waals surface area contributed by atoms with Crippen LogP contribution in [0, 0.1) is 6.92 Å². The van der Waals surface area contributed by atoms with Gasteiger partial charge >= 0.3 is 0 Å². The van der Waals surface area contributed by atoms with E-state index >= 15 is 0 Å². The summed E-state index contributed by atoms with van der Waals surface area (Å²) in [6.45, 7) is 7.77. The first-order valence-corrected chi connectivity index (χ1v) is 4.21. The zero-order chi connectivity index (χ0) is 9.56. The van der Waals surface area contributed by atoms with Crippen LogP contribution in [0.5, 0.6) is 0 Å². The van der Waals surface area contributed by atoms with E-state index in [-0.39, 0.29) is 6.04 Å². The molecule has 0 bridgehead atoms. The molecule has 0 aliphatic rings. The SMILES string of the molecule is CC.CN[C@H](C)c1nc(C)no1. The Labute approximate surface area is 73.4 Å². The molecule has 0 aromatic carbocycles. The number of aromatic nitrogens is 2. The monoisotopic (exact) mass is 171 g/mol. The summed E-state index contributed by atoms with van der Waals surface area (Å²) in [6, 6.07) is 0.140. The van der Waals surface area contributed by atoms with Gasteiger partial charge in [0.25, 0.3) is 0 Å². The predicted octanol–water partition coefficient (Wildman–Crippen LogP) is 1.68. The Balaban J connectivity index is 0.000000561. The average molecular weight is 171 g/mol. The molecule has 0 unspecified atom stereocenters. The van der Waals surface area contributed by atoms with Gasteiger partial charge in [0.1, 0.15) is 0 Å². The van der Waals surface area contributed by atoms with Gasteiger partial charge in [-0.1, -0.05) is 19.0 Å². The van der Waals surface area contributed by atoms with Gasteiger partial charge in [0.2, 0.25) is 5.89 Å². The lowest BCUT2D eigenvalue weighted by Gasteiger charge is -2.00. The lowest BCUT2D eigenvalue weighted by Crippen LogP contribution is -2.12. The minimum atomic E-state index is 0.140. The Morgan fingerprint density at radius 2 is 2.00 bits per heavy atom. The summed E-state index contributed by atoms with van der Waals surface area (Å²) in [5, 5.41) is 6.66. The van der Waals surface area contributed by atoms with Crippen LogP contribution in [-0.4, -0.2) is 17.2 Å². The first-order valence-electron chi connectivity index (χ1n) is 4.21. The van der Waals surface area contributed by atoms with Crippen LogP contribution in [-0.2, 0) is 0 Å². The van der Waals surface area contributed by atoms with Gasteiger partial charge in [-0.05, 0) is 20.9 Å². The van der Waals surface area contributed by atoms with Crippen LogP contribution < -0.4 is 5.32 Å². The van der Waals surface area contributed by atoms with Gasteiger partial charge in [-0.2, -0.15) is 4.98 Å². The van der Waals surface area contributed by atoms with Gasteiger partial charge in [-0.15, -0.1) is 0 Å². The number of hydrogen-bond donors (Lipinski definition) is 1. The van der Waals surface area contributed by atoms with Crippen molar-refractivity contribution in [3.63, 3.8) is 0 Å². The Morgan fingerprint density at radius 1 is 1.42 bits per heavy atom. The van der Waals surface area contributed by atoms with E-state index in [0.29, 0.717) is 11.7 Å². The lowest BCUT2D eigenvalue weighted by molar-refractivity contribution is 0.344. The van der Waals surface area contributed by atoms with Crippen LogP contribution in [0.4, 0.5) is 0 Å². The molecule has 1 aromatic heterocycles. The molecule has 1 heterocycles. The summed E-state index contributed by atoms with van der Waals surface area (Å²) in [7, 11) is 1.85. The quantitative estimate of drug-likeness (QED) is 0.735. The molecular formula is C8H17N3O. The van der Waals surface area contributed by atoms with Crippen molar-refractivity contribution >= 4 is 0 Å². The maximum Gasteiger partial charge on any atom is 0.243 e. The second kappa shape index (κ2) is 5.71. The predicted molar refractivity (Wildman–Crippen MR) is 47.9 cm³/mol. The highest BCUT2D eigenvalue weighted by Gasteiger charge is 2.08. The highest BCUT2D eigenvalue weighted by Crippen LogP contribution is 2.06. The van der Waals surface area contributed by atoms with Gasteiger partial charge < -0.3 is 9.84 Å². The van der Waals surface area contributed by atoms with Crippen molar-refractivity contribution in [2.45, 2.75) is 33.7 Å². The van der Waals surface area contributed by atoms with Crippen molar-refractivity contribution in [3.05, 3.63) is 11.7 Å². The Bertz CT molecular complexity index is 210. The van der Waals surface area contributed by atoms with Crippen LogP contribution in [0.3, 0.4) is 0 Å². The zero-order valence-electron chi connectivity index (χ0n) is 8.38. The third-order valence-electron chi connectivity index (χ3n) is 1.35. The minimum absolute atomic E-state index is 0.140. The van der Waals surface area contributed by atoms with Crippen molar-refractivity contribution in [3.8, 4) is 0 Å². The molecule has 0 aliphatic carbocycles. The molecule has 4 heteroatoms. The molecule has 1 rings (SSSR count). The van der Waals surface area contributed by atoms with Crippen LogP contribution in [0.25, 0.3) is 0 Å². The standard InChI is InChI=1S/C6H11N3O.C2H6/c1-4(7-3)6-8-5(2)9-10-6;1-2/h4,7H,1-3H3;1-2H3/t4-;/m1./s1. The molecule has 1 atom stereocenters. The summed E-state index contributed by atoms with van der Waals surface area (Å²) >= 11 is 0. The number of nitrogens with one attached hydrogen (secondary N) is 1. The van der Waals surface area contributed by atoms with E-state index in [9.17, 15) is 0 Å². The van der Waals surface area contributed by atoms with Crippen LogP contribution in [0.2, 0.25) is 0 Å². The molecule has 12 heavy (non-hydrogen) atoms. The third-order valence-corrected chi connectivity index (χ3v) is 1.35. The molecule has 1 aromatic rings. The number of aryl methyl sites for hydroxylation is 1. The van der Waals surface area contributed by atoms with E-state index < -0.39 is 0 Å². The number of nitrogens with zero attached hydrogens (tertiary/aromatic N) is 2. The average Bonchev–Trinajstić information content (AvgIpc) is 2.54. The highest BCUT2D eigenvalue weighted by atomic mass is 16.5. The topological polar surface area (TPSA) is 51.0 Å².